The smallest absolute Gasteiger partial charge is 0.329 e. The predicted molar refractivity (Wildman–Crippen MR) is 132 cm³/mol. The van der Waals surface area contributed by atoms with Gasteiger partial charge in [0.15, 0.2) is 0 Å². The molecule has 1 unspecified atom stereocenters. The Balaban J connectivity index is 1.59. The molecular formula is C25H35N5O5. The number of amides is 2. The monoisotopic (exact) mass is 485 g/mol. The van der Waals surface area contributed by atoms with Crippen LogP contribution < -0.4 is 15.9 Å². The first-order chi connectivity index (χ1) is 16.4. The van der Waals surface area contributed by atoms with Gasteiger partial charge < -0.3 is 9.64 Å². The van der Waals surface area contributed by atoms with E-state index in [1.165, 1.54) is 4.57 Å². The Labute approximate surface area is 204 Å². The number of imidazole rings is 1. The van der Waals surface area contributed by atoms with Gasteiger partial charge in [0, 0.05) is 44.8 Å². The molecule has 2 aliphatic rings. The summed E-state index contributed by atoms with van der Waals surface area (Å²) in [6, 6.07) is 3.34. The number of fused-ring (bicyclic) bond motifs is 1. The molecule has 1 aromatic carbocycles. The zero-order valence-electron chi connectivity index (χ0n) is 21.4. The average molecular weight is 486 g/mol. The number of anilines is 1. The normalized spacial score (nSPS) is 21.9. The molecule has 2 aromatic rings. The molecule has 0 bridgehead atoms. The van der Waals surface area contributed by atoms with Gasteiger partial charge in [-0.15, -0.1) is 0 Å². The van der Waals surface area contributed by atoms with Crippen molar-refractivity contribution in [1.29, 1.82) is 0 Å². The van der Waals surface area contributed by atoms with Gasteiger partial charge in [-0.1, -0.05) is 0 Å². The fraction of sp³-hybridized carbons (Fsp3) is 0.600. The quantitative estimate of drug-likeness (QED) is 0.517. The number of hydrogen-bond donors (Lipinski definition) is 1. The van der Waals surface area contributed by atoms with Crippen molar-refractivity contribution >= 4 is 34.5 Å². The van der Waals surface area contributed by atoms with E-state index >= 15 is 0 Å². The van der Waals surface area contributed by atoms with Crippen molar-refractivity contribution in [2.24, 2.45) is 7.05 Å². The summed E-state index contributed by atoms with van der Waals surface area (Å²) in [4.78, 5) is 53.9. The lowest BCUT2D eigenvalue weighted by molar-refractivity contribution is -0.156. The van der Waals surface area contributed by atoms with Crippen molar-refractivity contribution in [3.63, 3.8) is 0 Å². The maximum atomic E-state index is 13.2. The number of esters is 1. The number of imide groups is 1. The molecule has 1 N–H and O–H groups in total. The largest absolute Gasteiger partial charge is 0.459 e. The summed E-state index contributed by atoms with van der Waals surface area (Å²) in [5.74, 6) is -0.967. The number of aryl methyl sites for hydroxylation is 2. The second kappa shape index (κ2) is 9.14. The number of aromatic nitrogens is 2. The number of piperazine rings is 1. The van der Waals surface area contributed by atoms with Crippen molar-refractivity contribution in [2.45, 2.75) is 65.1 Å². The summed E-state index contributed by atoms with van der Waals surface area (Å²) in [5, 5.41) is 2.35. The highest BCUT2D eigenvalue weighted by molar-refractivity contribution is 6.00. The van der Waals surface area contributed by atoms with Crippen molar-refractivity contribution in [1.82, 2.24) is 19.4 Å². The van der Waals surface area contributed by atoms with Gasteiger partial charge in [-0.2, -0.15) is 0 Å². The lowest BCUT2D eigenvalue weighted by atomic mass is 10.0. The zero-order valence-corrected chi connectivity index (χ0v) is 21.4. The van der Waals surface area contributed by atoms with Crippen LogP contribution in [0.2, 0.25) is 0 Å². The van der Waals surface area contributed by atoms with Crippen molar-refractivity contribution in [2.75, 3.05) is 31.1 Å². The van der Waals surface area contributed by atoms with E-state index in [1.54, 1.807) is 11.6 Å². The van der Waals surface area contributed by atoms with Gasteiger partial charge in [-0.05, 0) is 58.7 Å². The van der Waals surface area contributed by atoms with Gasteiger partial charge in [0.25, 0.3) is 0 Å². The van der Waals surface area contributed by atoms with Gasteiger partial charge in [0.05, 0.1) is 17.6 Å². The molecule has 190 valence electrons. The minimum Gasteiger partial charge on any atom is -0.459 e. The molecule has 2 atom stereocenters. The maximum Gasteiger partial charge on any atom is 0.329 e. The summed E-state index contributed by atoms with van der Waals surface area (Å²) in [6.07, 6.45) is 0.516. The Bertz CT molecular complexity index is 1240. The van der Waals surface area contributed by atoms with Crippen molar-refractivity contribution < 1.29 is 19.1 Å². The zero-order chi connectivity index (χ0) is 25.7. The highest BCUT2D eigenvalue weighted by Gasteiger charge is 2.33. The molecule has 2 saturated heterocycles. The van der Waals surface area contributed by atoms with Crippen LogP contribution in [0.25, 0.3) is 11.0 Å². The van der Waals surface area contributed by atoms with Crippen LogP contribution in [0, 0.1) is 6.92 Å². The van der Waals surface area contributed by atoms with Gasteiger partial charge in [0.2, 0.25) is 11.8 Å². The van der Waals surface area contributed by atoms with Crippen LogP contribution >= 0.6 is 0 Å². The third kappa shape index (κ3) is 4.84. The summed E-state index contributed by atoms with van der Waals surface area (Å²) < 4.78 is 8.56. The Morgan fingerprint density at radius 3 is 2.51 bits per heavy atom. The highest BCUT2D eigenvalue weighted by Crippen LogP contribution is 2.32. The van der Waals surface area contributed by atoms with Gasteiger partial charge in [-0.3, -0.25) is 33.7 Å². The summed E-state index contributed by atoms with van der Waals surface area (Å²) in [7, 11) is 1.71. The Kier molecular flexibility index (Phi) is 6.52. The first-order valence-electron chi connectivity index (χ1n) is 12.1. The average Bonchev–Trinajstić information content (AvgIpc) is 2.99. The lowest BCUT2D eigenvalue weighted by Crippen LogP contribution is -2.53. The van der Waals surface area contributed by atoms with E-state index in [9.17, 15) is 19.2 Å². The van der Waals surface area contributed by atoms with Crippen molar-refractivity contribution in [3.8, 4) is 0 Å². The SMILES string of the molecule is Cc1c(N2CCN(CC(=O)OC(C)(C)C)C[C@H]2C)ccc2c1n(C)c(=O)n2C1CCC(=O)NC1=O. The molecule has 2 aliphatic heterocycles. The van der Waals surface area contributed by atoms with Crippen LogP contribution in [-0.4, -0.2) is 69.6 Å². The highest BCUT2D eigenvalue weighted by atomic mass is 16.6. The molecule has 35 heavy (non-hydrogen) atoms. The number of carbonyl (C=O) groups is 3. The molecule has 2 fully saturated rings. The van der Waals surface area contributed by atoms with Gasteiger partial charge >= 0.3 is 11.7 Å². The van der Waals surface area contributed by atoms with E-state index < -0.39 is 17.6 Å². The number of nitrogens with zero attached hydrogens (tertiary/aromatic N) is 4. The van der Waals surface area contributed by atoms with E-state index in [1.807, 2.05) is 39.8 Å². The first kappa shape index (κ1) is 25.0. The number of nitrogens with one attached hydrogen (secondary N) is 1. The molecule has 3 heterocycles. The van der Waals surface area contributed by atoms with E-state index in [0.29, 0.717) is 18.5 Å². The number of hydrogen-bond acceptors (Lipinski definition) is 7. The molecule has 0 spiro atoms. The van der Waals surface area contributed by atoms with E-state index in [4.69, 9.17) is 4.74 Å². The number of piperidine rings is 1. The molecular weight excluding hydrogens is 450 g/mol. The fourth-order valence-electron chi connectivity index (χ4n) is 5.29. The van der Waals surface area contributed by atoms with Crippen molar-refractivity contribution in [3.05, 3.63) is 28.2 Å². The standard InChI is InChI=1S/C25H35N5O5/c1-15-13-28(14-21(32)35-25(3,4)5)11-12-29(15)17-7-8-18-22(16(17)2)27(6)24(34)30(18)19-9-10-20(31)26-23(19)33/h7-8,15,19H,9-14H2,1-6H3,(H,26,31,33)/t15-,19?/m1/s1. The molecule has 10 heteroatoms. The maximum absolute atomic E-state index is 13.2. The molecule has 0 saturated carbocycles. The number of ether oxygens (including phenoxy) is 1. The third-order valence-corrected chi connectivity index (χ3v) is 6.78. The third-order valence-electron chi connectivity index (χ3n) is 6.78. The Morgan fingerprint density at radius 2 is 1.89 bits per heavy atom. The van der Waals surface area contributed by atoms with Crippen LogP contribution in [0.5, 0.6) is 0 Å². The van der Waals surface area contributed by atoms with Crippen LogP contribution in [0.3, 0.4) is 0 Å². The minimum absolute atomic E-state index is 0.150. The summed E-state index contributed by atoms with van der Waals surface area (Å²) in [5.41, 5.74) is 2.67. The van der Waals surface area contributed by atoms with Crippen LogP contribution in [0.4, 0.5) is 5.69 Å². The molecule has 2 amide bonds. The summed E-state index contributed by atoms with van der Waals surface area (Å²) in [6.45, 7) is 12.1. The van der Waals surface area contributed by atoms with E-state index in [0.717, 1.165) is 29.9 Å². The lowest BCUT2D eigenvalue weighted by Gasteiger charge is -2.41. The second-order valence-electron chi connectivity index (χ2n) is 10.6. The summed E-state index contributed by atoms with van der Waals surface area (Å²) >= 11 is 0. The van der Waals surface area contributed by atoms with Crippen LogP contribution in [-0.2, 0) is 26.2 Å². The second-order valence-corrected chi connectivity index (χ2v) is 10.6. The van der Waals surface area contributed by atoms with E-state index in [2.05, 4.69) is 22.0 Å². The van der Waals surface area contributed by atoms with Crippen LogP contribution in [0.1, 0.15) is 52.1 Å². The van der Waals surface area contributed by atoms with Crippen LogP contribution in [0.15, 0.2) is 16.9 Å². The number of rotatable bonds is 4. The Morgan fingerprint density at radius 1 is 1.17 bits per heavy atom. The fourth-order valence-corrected chi connectivity index (χ4v) is 5.29. The number of carbonyl (C=O) groups excluding carboxylic acids is 3. The molecule has 10 nitrogen and oxygen atoms in total. The van der Waals surface area contributed by atoms with E-state index in [-0.39, 0.29) is 36.6 Å². The molecule has 0 aliphatic carbocycles. The predicted octanol–water partition coefficient (Wildman–Crippen LogP) is 1.48. The Hall–Kier alpha value is -3.14. The first-order valence-corrected chi connectivity index (χ1v) is 12.1. The molecule has 0 radical (unpaired) electrons. The number of benzene rings is 1. The minimum atomic E-state index is -0.704. The van der Waals surface area contributed by atoms with Gasteiger partial charge in [0.1, 0.15) is 11.6 Å². The molecule has 1 aromatic heterocycles. The topological polar surface area (TPSA) is 106 Å². The molecule has 4 rings (SSSR count). The van der Waals surface area contributed by atoms with Gasteiger partial charge in [-0.25, -0.2) is 4.79 Å².